The number of nitrogens with zero attached hydrogens (tertiary/aromatic N) is 2. The Bertz CT molecular complexity index is 882. The summed E-state index contributed by atoms with van der Waals surface area (Å²) in [5.74, 6) is 0.605. The summed E-state index contributed by atoms with van der Waals surface area (Å²) >= 11 is 0. The van der Waals surface area contributed by atoms with Gasteiger partial charge in [0, 0.05) is 43.4 Å². The maximum atomic E-state index is 12.7. The van der Waals surface area contributed by atoms with Crippen LogP contribution in [0.2, 0.25) is 0 Å². The van der Waals surface area contributed by atoms with Crippen LogP contribution in [0.5, 0.6) is 0 Å². The first-order valence-corrected chi connectivity index (χ1v) is 9.87. The van der Waals surface area contributed by atoms with Crippen molar-refractivity contribution in [2.75, 3.05) is 13.1 Å². The van der Waals surface area contributed by atoms with Crippen molar-refractivity contribution in [3.63, 3.8) is 0 Å². The Balaban J connectivity index is 1.32. The summed E-state index contributed by atoms with van der Waals surface area (Å²) in [5.41, 5.74) is 10.8. The molecular weight excluding hydrogens is 348 g/mol. The number of hydrogen-bond acceptors (Lipinski definition) is 3. The first-order valence-electron chi connectivity index (χ1n) is 9.87. The number of nitrogens with one attached hydrogen (secondary N) is 1. The Labute approximate surface area is 165 Å². The molecule has 0 radical (unpaired) electrons. The Morgan fingerprint density at radius 2 is 1.75 bits per heavy atom. The molecule has 2 heterocycles. The third kappa shape index (κ3) is 4.15. The number of aromatic nitrogens is 2. The Hall–Kier alpha value is -2.92. The minimum absolute atomic E-state index is 0.141. The Morgan fingerprint density at radius 3 is 2.39 bits per heavy atom. The molecule has 1 aromatic heterocycles. The van der Waals surface area contributed by atoms with E-state index in [2.05, 4.69) is 34.2 Å². The smallest absolute Gasteiger partial charge is 0.224 e. The predicted octanol–water partition coefficient (Wildman–Crippen LogP) is 3.87. The largest absolute Gasteiger partial charge is 0.348 e. The number of nitrogens with two attached hydrogens (primary N) is 1. The lowest BCUT2D eigenvalue weighted by molar-refractivity contribution is -0.132. The van der Waals surface area contributed by atoms with Gasteiger partial charge in [-0.1, -0.05) is 54.6 Å². The van der Waals surface area contributed by atoms with Gasteiger partial charge >= 0.3 is 0 Å². The molecule has 144 valence electrons. The number of H-pyrrole nitrogens is 1. The standard InChI is InChI=1S/C23H26N4O/c24-21(19-8-6-18(7-9-19)17-4-2-1-3-5-17)14-23(28)27-12-10-20(11-13-27)22-15-25-16-26-22/h1-9,15-16,20-21H,10-14,24H2,(H,25,26)/t21-/m0/s1. The van der Waals surface area contributed by atoms with Crippen LogP contribution in [0.25, 0.3) is 11.1 Å². The molecule has 0 unspecified atom stereocenters. The van der Waals surface area contributed by atoms with Gasteiger partial charge in [-0.3, -0.25) is 4.79 Å². The molecule has 0 spiro atoms. The third-order valence-electron chi connectivity index (χ3n) is 5.65. The van der Waals surface area contributed by atoms with Crippen LogP contribution < -0.4 is 5.73 Å². The number of piperidine rings is 1. The lowest BCUT2D eigenvalue weighted by Crippen LogP contribution is -2.39. The Morgan fingerprint density at radius 1 is 1.07 bits per heavy atom. The molecule has 3 N–H and O–H groups in total. The van der Waals surface area contributed by atoms with Gasteiger partial charge in [0.15, 0.2) is 0 Å². The maximum Gasteiger partial charge on any atom is 0.224 e. The molecule has 1 amide bonds. The zero-order valence-corrected chi connectivity index (χ0v) is 15.9. The van der Waals surface area contributed by atoms with Crippen molar-refractivity contribution >= 4 is 5.91 Å². The molecule has 2 aromatic carbocycles. The van der Waals surface area contributed by atoms with Crippen molar-refractivity contribution < 1.29 is 4.79 Å². The van der Waals surface area contributed by atoms with Crippen LogP contribution in [0.3, 0.4) is 0 Å². The van der Waals surface area contributed by atoms with Crippen molar-refractivity contribution in [2.45, 2.75) is 31.2 Å². The number of rotatable bonds is 5. The van der Waals surface area contributed by atoms with E-state index >= 15 is 0 Å². The van der Waals surface area contributed by atoms with Crippen LogP contribution in [0.1, 0.15) is 42.5 Å². The molecule has 1 saturated heterocycles. The quantitative estimate of drug-likeness (QED) is 0.712. The number of benzene rings is 2. The summed E-state index contributed by atoms with van der Waals surface area (Å²) in [6, 6.07) is 18.2. The van der Waals surface area contributed by atoms with Crippen molar-refractivity contribution in [3.05, 3.63) is 78.4 Å². The summed E-state index contributed by atoms with van der Waals surface area (Å²) in [6.45, 7) is 1.56. The van der Waals surface area contributed by atoms with Crippen LogP contribution >= 0.6 is 0 Å². The minimum Gasteiger partial charge on any atom is -0.348 e. The molecule has 0 bridgehead atoms. The second-order valence-corrected chi connectivity index (χ2v) is 7.46. The van der Waals surface area contributed by atoms with Crippen molar-refractivity contribution in [2.24, 2.45) is 5.73 Å². The summed E-state index contributed by atoms with van der Waals surface area (Å²) in [5, 5.41) is 0. The van der Waals surface area contributed by atoms with Crippen LogP contribution in [0, 0.1) is 0 Å². The molecule has 4 rings (SSSR count). The molecule has 1 aliphatic rings. The summed E-state index contributed by atoms with van der Waals surface area (Å²) in [6.07, 6.45) is 5.88. The fraction of sp³-hybridized carbons (Fsp3) is 0.304. The van der Waals surface area contributed by atoms with Gasteiger partial charge in [-0.05, 0) is 29.5 Å². The average molecular weight is 374 g/mol. The Kier molecular flexibility index (Phi) is 5.53. The molecule has 1 atom stereocenters. The number of imidazole rings is 1. The molecule has 28 heavy (non-hydrogen) atoms. The molecule has 0 aliphatic carbocycles. The number of amides is 1. The number of likely N-dealkylation sites (tertiary alicyclic amines) is 1. The van der Waals surface area contributed by atoms with E-state index in [0.29, 0.717) is 12.3 Å². The average Bonchev–Trinajstić information content (AvgIpc) is 3.29. The van der Waals surface area contributed by atoms with Crippen LogP contribution in [-0.2, 0) is 4.79 Å². The highest BCUT2D eigenvalue weighted by Gasteiger charge is 2.25. The summed E-state index contributed by atoms with van der Waals surface area (Å²) in [4.78, 5) is 21.9. The van der Waals surface area contributed by atoms with Gasteiger partial charge in [-0.25, -0.2) is 4.98 Å². The first kappa shape index (κ1) is 18.4. The van der Waals surface area contributed by atoms with Crippen LogP contribution in [0.4, 0.5) is 0 Å². The van der Waals surface area contributed by atoms with Crippen LogP contribution in [-0.4, -0.2) is 33.9 Å². The second-order valence-electron chi connectivity index (χ2n) is 7.46. The van der Waals surface area contributed by atoms with E-state index in [1.807, 2.05) is 41.4 Å². The van der Waals surface area contributed by atoms with Crippen LogP contribution in [0.15, 0.2) is 67.1 Å². The zero-order chi connectivity index (χ0) is 19.3. The number of aromatic amines is 1. The third-order valence-corrected chi connectivity index (χ3v) is 5.65. The highest BCUT2D eigenvalue weighted by molar-refractivity contribution is 5.77. The topological polar surface area (TPSA) is 75.0 Å². The van der Waals surface area contributed by atoms with E-state index < -0.39 is 0 Å². The monoisotopic (exact) mass is 374 g/mol. The van der Waals surface area contributed by atoms with E-state index in [1.165, 1.54) is 11.3 Å². The fourth-order valence-corrected chi connectivity index (χ4v) is 3.92. The normalized spacial score (nSPS) is 16.1. The molecule has 5 nitrogen and oxygen atoms in total. The van der Waals surface area contributed by atoms with Crippen molar-refractivity contribution in [3.8, 4) is 11.1 Å². The van der Waals surface area contributed by atoms with E-state index in [1.54, 1.807) is 6.33 Å². The highest BCUT2D eigenvalue weighted by atomic mass is 16.2. The summed E-state index contributed by atoms with van der Waals surface area (Å²) < 4.78 is 0. The number of carbonyl (C=O) groups excluding carboxylic acids is 1. The lowest BCUT2D eigenvalue weighted by atomic mass is 9.93. The van der Waals surface area contributed by atoms with Gasteiger partial charge in [0.2, 0.25) is 5.91 Å². The van der Waals surface area contributed by atoms with Gasteiger partial charge in [-0.2, -0.15) is 0 Å². The molecular formula is C23H26N4O. The van der Waals surface area contributed by atoms with Gasteiger partial charge in [0.25, 0.3) is 0 Å². The predicted molar refractivity (Wildman–Crippen MR) is 111 cm³/mol. The second kappa shape index (κ2) is 8.40. The molecule has 1 aliphatic heterocycles. The first-order chi connectivity index (χ1) is 13.7. The zero-order valence-electron chi connectivity index (χ0n) is 15.9. The molecule has 5 heteroatoms. The fourth-order valence-electron chi connectivity index (χ4n) is 3.92. The van der Waals surface area contributed by atoms with Gasteiger partial charge < -0.3 is 15.6 Å². The molecule has 0 saturated carbocycles. The number of carbonyl (C=O) groups is 1. The SMILES string of the molecule is N[C@@H](CC(=O)N1CCC(c2cnc[nH]2)CC1)c1ccc(-c2ccccc2)cc1. The lowest BCUT2D eigenvalue weighted by Gasteiger charge is -2.32. The molecule has 3 aromatic rings. The van der Waals surface area contributed by atoms with E-state index in [9.17, 15) is 4.79 Å². The van der Waals surface area contributed by atoms with E-state index in [4.69, 9.17) is 5.73 Å². The highest BCUT2D eigenvalue weighted by Crippen LogP contribution is 2.27. The maximum absolute atomic E-state index is 12.7. The van der Waals surface area contributed by atoms with Crippen molar-refractivity contribution in [1.82, 2.24) is 14.9 Å². The number of hydrogen-bond donors (Lipinski definition) is 2. The van der Waals surface area contributed by atoms with E-state index in [0.717, 1.165) is 37.1 Å². The summed E-state index contributed by atoms with van der Waals surface area (Å²) in [7, 11) is 0. The van der Waals surface area contributed by atoms with Crippen molar-refractivity contribution in [1.29, 1.82) is 0 Å². The van der Waals surface area contributed by atoms with E-state index in [-0.39, 0.29) is 11.9 Å². The minimum atomic E-state index is -0.275. The van der Waals surface area contributed by atoms with Gasteiger partial charge in [0.1, 0.15) is 0 Å². The van der Waals surface area contributed by atoms with Gasteiger partial charge in [-0.15, -0.1) is 0 Å². The molecule has 1 fully saturated rings. The van der Waals surface area contributed by atoms with Gasteiger partial charge in [0.05, 0.1) is 6.33 Å².